The van der Waals surface area contributed by atoms with Crippen LogP contribution in [0.3, 0.4) is 0 Å². The third-order valence-corrected chi connectivity index (χ3v) is 5.38. The summed E-state index contributed by atoms with van der Waals surface area (Å²) in [6, 6.07) is 6.31. The summed E-state index contributed by atoms with van der Waals surface area (Å²) < 4.78 is -0.525. The van der Waals surface area contributed by atoms with Crippen molar-refractivity contribution in [3.8, 4) is 0 Å². The number of benzene rings is 1. The summed E-state index contributed by atoms with van der Waals surface area (Å²) >= 11 is 20.3. The number of likely N-dealkylation sites (N-methyl/N-ethyl adjacent to an activating group) is 1. The molecule has 2 heterocycles. The van der Waals surface area contributed by atoms with Crippen molar-refractivity contribution in [2.45, 2.75) is 29.6 Å². The highest BCUT2D eigenvalue weighted by Crippen LogP contribution is 2.38. The Bertz CT molecular complexity index is 735. The fraction of sp³-hybridized carbons (Fsp3) is 0.500. The zero-order valence-electron chi connectivity index (χ0n) is 13.2. The molecule has 2 aromatic rings. The van der Waals surface area contributed by atoms with Crippen LogP contribution < -0.4 is 5.32 Å². The van der Waals surface area contributed by atoms with E-state index in [4.69, 9.17) is 34.8 Å². The maximum Gasteiger partial charge on any atom is 0.250 e. The minimum Gasteiger partial charge on any atom is -0.365 e. The number of hydrogen-bond donors (Lipinski definition) is 1. The Morgan fingerprint density at radius 1 is 1.33 bits per heavy atom. The van der Waals surface area contributed by atoms with E-state index < -0.39 is 3.79 Å². The van der Waals surface area contributed by atoms with Crippen LogP contribution in [-0.4, -0.2) is 40.5 Å². The molecule has 1 aliphatic rings. The Kier molecular flexibility index (Phi) is 5.97. The predicted molar refractivity (Wildman–Crippen MR) is 110 cm³/mol. The average Bonchev–Trinajstić information content (AvgIpc) is 2.54. The Balaban J connectivity index is 1.99. The first-order valence-electron chi connectivity index (χ1n) is 7.90. The summed E-state index contributed by atoms with van der Waals surface area (Å²) in [4.78, 5) is 11.4. The molecular weight excluding hydrogens is 481 g/mol. The van der Waals surface area contributed by atoms with Crippen LogP contribution in [0.1, 0.15) is 25.6 Å². The van der Waals surface area contributed by atoms with Crippen LogP contribution in [0.15, 0.2) is 18.2 Å². The molecule has 1 fully saturated rings. The molecule has 24 heavy (non-hydrogen) atoms. The molecule has 0 saturated carbocycles. The number of piperidine rings is 1. The highest BCUT2D eigenvalue weighted by atomic mass is 127. The molecule has 1 atom stereocenters. The third kappa shape index (κ3) is 4.36. The van der Waals surface area contributed by atoms with Gasteiger partial charge in [-0.05, 0) is 66.7 Å². The number of fused-ring (bicyclic) bond motifs is 1. The lowest BCUT2D eigenvalue weighted by molar-refractivity contribution is 0.226. The smallest absolute Gasteiger partial charge is 0.250 e. The number of halogens is 4. The molecule has 1 aliphatic heterocycles. The van der Waals surface area contributed by atoms with Gasteiger partial charge in [0, 0.05) is 21.5 Å². The quantitative estimate of drug-likeness (QED) is 0.479. The van der Waals surface area contributed by atoms with Gasteiger partial charge in [-0.15, -0.1) is 0 Å². The second kappa shape index (κ2) is 7.66. The molecule has 1 unspecified atom stereocenters. The summed E-state index contributed by atoms with van der Waals surface area (Å²) in [5.41, 5.74) is 0.775. The van der Waals surface area contributed by atoms with E-state index in [-0.39, 0.29) is 5.82 Å². The number of hydrogen-bond acceptors (Lipinski definition) is 4. The number of aromatic nitrogens is 2. The Morgan fingerprint density at radius 2 is 2.12 bits per heavy atom. The third-order valence-electron chi connectivity index (χ3n) is 4.20. The van der Waals surface area contributed by atoms with E-state index in [1.807, 2.05) is 12.1 Å². The average molecular weight is 500 g/mol. The maximum atomic E-state index is 6.02. The SMILES string of the molecule is CCN1CCCC(Nc2nc(C(Cl)(Cl)Cl)nc3ccc(I)cc23)C1. The molecule has 0 aliphatic carbocycles. The standard InChI is InChI=1S/C16H18Cl3IN4/c1-2-24-7-3-4-11(9-24)21-14-12-8-10(20)5-6-13(12)22-15(23-14)16(17,18)19/h5-6,8,11H,2-4,7,9H2,1H3,(H,21,22,23). The van der Waals surface area contributed by atoms with Gasteiger partial charge in [-0.1, -0.05) is 41.7 Å². The lowest BCUT2D eigenvalue weighted by Crippen LogP contribution is -2.42. The first-order chi connectivity index (χ1) is 11.4. The summed E-state index contributed by atoms with van der Waals surface area (Å²) in [5.74, 6) is 0.939. The van der Waals surface area contributed by atoms with Gasteiger partial charge < -0.3 is 10.2 Å². The van der Waals surface area contributed by atoms with Crippen molar-refractivity contribution in [3.05, 3.63) is 27.6 Å². The van der Waals surface area contributed by atoms with E-state index in [0.717, 1.165) is 46.3 Å². The van der Waals surface area contributed by atoms with Crippen LogP contribution in [0.2, 0.25) is 0 Å². The number of nitrogens with one attached hydrogen (secondary N) is 1. The topological polar surface area (TPSA) is 41.0 Å². The summed E-state index contributed by atoms with van der Waals surface area (Å²) in [6.45, 7) is 5.39. The second-order valence-electron chi connectivity index (χ2n) is 5.93. The number of alkyl halides is 3. The number of likely N-dealkylation sites (tertiary alicyclic amines) is 1. The normalized spacial score (nSPS) is 19.6. The van der Waals surface area contributed by atoms with Gasteiger partial charge in [-0.2, -0.15) is 0 Å². The van der Waals surface area contributed by atoms with Crippen molar-refractivity contribution in [2.75, 3.05) is 25.0 Å². The minimum atomic E-state index is -1.64. The number of rotatable bonds is 3. The zero-order chi connectivity index (χ0) is 17.3. The van der Waals surface area contributed by atoms with E-state index in [1.54, 1.807) is 0 Å². The van der Waals surface area contributed by atoms with Gasteiger partial charge in [-0.25, -0.2) is 9.97 Å². The molecular formula is C16H18Cl3IN4. The molecule has 1 aromatic heterocycles. The lowest BCUT2D eigenvalue weighted by Gasteiger charge is -2.32. The van der Waals surface area contributed by atoms with Crippen LogP contribution >= 0.6 is 57.4 Å². The lowest BCUT2D eigenvalue weighted by atomic mass is 10.1. The molecule has 0 spiro atoms. The van der Waals surface area contributed by atoms with E-state index >= 15 is 0 Å². The van der Waals surface area contributed by atoms with Gasteiger partial charge in [0.05, 0.1) is 5.52 Å². The van der Waals surface area contributed by atoms with E-state index in [2.05, 4.69) is 55.8 Å². The van der Waals surface area contributed by atoms with E-state index in [0.29, 0.717) is 6.04 Å². The van der Waals surface area contributed by atoms with Gasteiger partial charge in [-0.3, -0.25) is 0 Å². The van der Waals surface area contributed by atoms with Crippen LogP contribution in [0, 0.1) is 3.57 Å². The molecule has 1 N–H and O–H groups in total. The van der Waals surface area contributed by atoms with Crippen molar-refractivity contribution in [2.24, 2.45) is 0 Å². The molecule has 8 heteroatoms. The second-order valence-corrected chi connectivity index (χ2v) is 9.46. The van der Waals surface area contributed by atoms with E-state index in [1.165, 1.54) is 6.42 Å². The largest absolute Gasteiger partial charge is 0.365 e. The van der Waals surface area contributed by atoms with E-state index in [9.17, 15) is 0 Å². The number of nitrogens with zero attached hydrogens (tertiary/aromatic N) is 3. The van der Waals surface area contributed by atoms with Gasteiger partial charge in [0.1, 0.15) is 5.82 Å². The minimum absolute atomic E-state index is 0.201. The fourth-order valence-electron chi connectivity index (χ4n) is 2.99. The molecule has 130 valence electrons. The Hall–Kier alpha value is -0.0800. The molecule has 1 aromatic carbocycles. The first kappa shape index (κ1) is 18.7. The van der Waals surface area contributed by atoms with Crippen LogP contribution in [0.4, 0.5) is 5.82 Å². The van der Waals surface area contributed by atoms with Gasteiger partial charge >= 0.3 is 0 Å². The molecule has 0 bridgehead atoms. The molecule has 1 saturated heterocycles. The maximum absolute atomic E-state index is 6.02. The van der Waals surface area contributed by atoms with Crippen molar-refractivity contribution >= 4 is 74.1 Å². The molecule has 3 rings (SSSR count). The highest BCUT2D eigenvalue weighted by Gasteiger charge is 2.29. The van der Waals surface area contributed by atoms with Crippen molar-refractivity contribution in [1.29, 1.82) is 0 Å². The Labute approximate surface area is 170 Å². The monoisotopic (exact) mass is 498 g/mol. The van der Waals surface area contributed by atoms with Gasteiger partial charge in [0.25, 0.3) is 0 Å². The predicted octanol–water partition coefficient (Wildman–Crippen LogP) is 4.96. The summed E-state index contributed by atoms with van der Waals surface area (Å²) in [7, 11) is 0. The summed E-state index contributed by atoms with van der Waals surface area (Å²) in [6.07, 6.45) is 2.28. The Morgan fingerprint density at radius 3 is 2.83 bits per heavy atom. The van der Waals surface area contributed by atoms with Crippen LogP contribution in [0.5, 0.6) is 0 Å². The highest BCUT2D eigenvalue weighted by molar-refractivity contribution is 14.1. The van der Waals surface area contributed by atoms with Crippen LogP contribution in [0.25, 0.3) is 10.9 Å². The summed E-state index contributed by atoms with van der Waals surface area (Å²) in [5, 5.41) is 4.51. The first-order valence-corrected chi connectivity index (χ1v) is 10.1. The van der Waals surface area contributed by atoms with Crippen molar-refractivity contribution in [1.82, 2.24) is 14.9 Å². The molecule has 0 radical (unpaired) electrons. The molecule has 4 nitrogen and oxygen atoms in total. The zero-order valence-corrected chi connectivity index (χ0v) is 17.6. The van der Waals surface area contributed by atoms with Crippen molar-refractivity contribution < 1.29 is 0 Å². The number of anilines is 1. The fourth-order valence-corrected chi connectivity index (χ4v) is 3.74. The van der Waals surface area contributed by atoms with Gasteiger partial charge in [0.15, 0.2) is 5.82 Å². The van der Waals surface area contributed by atoms with Crippen molar-refractivity contribution in [3.63, 3.8) is 0 Å². The van der Waals surface area contributed by atoms with Gasteiger partial charge in [0.2, 0.25) is 3.79 Å². The molecule has 0 amide bonds. The van der Waals surface area contributed by atoms with Crippen LogP contribution in [-0.2, 0) is 3.79 Å².